The van der Waals surface area contributed by atoms with Gasteiger partial charge in [0.05, 0.1) is 6.10 Å². The lowest BCUT2D eigenvalue weighted by Gasteiger charge is -2.25. The quantitative estimate of drug-likeness (QED) is 0.928. The van der Waals surface area contributed by atoms with Crippen LogP contribution in [0.2, 0.25) is 0 Å². The zero-order chi connectivity index (χ0) is 15.5. The molecule has 1 aromatic rings. The fourth-order valence-electron chi connectivity index (χ4n) is 2.52. The van der Waals surface area contributed by atoms with Crippen molar-refractivity contribution in [2.45, 2.75) is 45.3 Å². The summed E-state index contributed by atoms with van der Waals surface area (Å²) < 4.78 is 5.36. The number of ether oxygens (including phenoxy) is 1. The topological polar surface area (TPSA) is 62.7 Å². The molecular weight excluding hydrogens is 268 g/mol. The first kappa shape index (κ1) is 15.8. The van der Waals surface area contributed by atoms with Gasteiger partial charge in [-0.2, -0.15) is 0 Å². The van der Waals surface area contributed by atoms with Gasteiger partial charge in [0.15, 0.2) is 0 Å². The summed E-state index contributed by atoms with van der Waals surface area (Å²) in [6.07, 6.45) is 4.11. The highest BCUT2D eigenvalue weighted by Gasteiger charge is 2.33. The number of aliphatic hydroxyl groups is 1. The SMILES string of the molecule is CC(C)(C)OC(=O)N1CCC(C(O)Cc2cccnc2)C1. The third kappa shape index (κ3) is 4.70. The molecule has 0 spiro atoms. The average molecular weight is 292 g/mol. The van der Waals surface area contributed by atoms with Crippen LogP contribution >= 0.6 is 0 Å². The van der Waals surface area contributed by atoms with Crippen molar-refractivity contribution in [2.24, 2.45) is 5.92 Å². The highest BCUT2D eigenvalue weighted by molar-refractivity contribution is 5.68. The second kappa shape index (κ2) is 6.43. The van der Waals surface area contributed by atoms with Gasteiger partial charge < -0.3 is 14.7 Å². The molecular formula is C16H24N2O3. The first-order chi connectivity index (χ1) is 9.85. The van der Waals surface area contributed by atoms with Crippen LogP contribution in [0.4, 0.5) is 4.79 Å². The van der Waals surface area contributed by atoms with Crippen molar-refractivity contribution < 1.29 is 14.6 Å². The number of rotatable bonds is 3. The number of hydrogen-bond acceptors (Lipinski definition) is 4. The number of aliphatic hydroxyl groups excluding tert-OH is 1. The summed E-state index contributed by atoms with van der Waals surface area (Å²) in [5.41, 5.74) is 0.532. The Kier molecular flexibility index (Phi) is 4.83. The van der Waals surface area contributed by atoms with Crippen molar-refractivity contribution in [3.05, 3.63) is 30.1 Å². The van der Waals surface area contributed by atoms with Crippen LogP contribution in [-0.2, 0) is 11.2 Å². The van der Waals surface area contributed by atoms with E-state index in [4.69, 9.17) is 4.74 Å². The van der Waals surface area contributed by atoms with Gasteiger partial charge in [0.1, 0.15) is 5.60 Å². The molecule has 2 rings (SSSR count). The molecule has 1 saturated heterocycles. The number of carbonyl (C=O) groups excluding carboxylic acids is 1. The van der Waals surface area contributed by atoms with Crippen LogP contribution in [0.1, 0.15) is 32.8 Å². The lowest BCUT2D eigenvalue weighted by molar-refractivity contribution is 0.0269. The largest absolute Gasteiger partial charge is 0.444 e. The highest BCUT2D eigenvalue weighted by Crippen LogP contribution is 2.23. The second-order valence-electron chi connectivity index (χ2n) is 6.61. The summed E-state index contributed by atoms with van der Waals surface area (Å²) in [6.45, 7) is 6.77. The summed E-state index contributed by atoms with van der Waals surface area (Å²) in [5.74, 6) is 0.0951. The van der Waals surface area contributed by atoms with Gasteiger partial charge in [0, 0.05) is 37.8 Å². The lowest BCUT2D eigenvalue weighted by atomic mass is 9.96. The minimum Gasteiger partial charge on any atom is -0.444 e. The van der Waals surface area contributed by atoms with Gasteiger partial charge >= 0.3 is 6.09 Å². The van der Waals surface area contributed by atoms with Crippen LogP contribution in [0, 0.1) is 5.92 Å². The van der Waals surface area contributed by atoms with E-state index in [2.05, 4.69) is 4.98 Å². The van der Waals surface area contributed by atoms with E-state index < -0.39 is 11.7 Å². The summed E-state index contributed by atoms with van der Waals surface area (Å²) in [4.78, 5) is 17.7. The predicted octanol–water partition coefficient (Wildman–Crippen LogP) is 2.24. The van der Waals surface area contributed by atoms with Gasteiger partial charge in [-0.25, -0.2) is 4.79 Å². The van der Waals surface area contributed by atoms with E-state index >= 15 is 0 Å². The minimum atomic E-state index is -0.483. The van der Waals surface area contributed by atoms with Gasteiger partial charge in [0.25, 0.3) is 0 Å². The van der Waals surface area contributed by atoms with Crippen molar-refractivity contribution in [1.29, 1.82) is 0 Å². The number of aromatic nitrogens is 1. The van der Waals surface area contributed by atoms with E-state index in [0.29, 0.717) is 19.5 Å². The van der Waals surface area contributed by atoms with Crippen molar-refractivity contribution in [2.75, 3.05) is 13.1 Å². The Labute approximate surface area is 125 Å². The molecule has 1 aliphatic heterocycles. The van der Waals surface area contributed by atoms with Gasteiger partial charge in [-0.3, -0.25) is 4.98 Å². The number of amides is 1. The van der Waals surface area contributed by atoms with Crippen LogP contribution in [0.15, 0.2) is 24.5 Å². The van der Waals surface area contributed by atoms with Crippen LogP contribution in [-0.4, -0.2) is 45.9 Å². The molecule has 0 radical (unpaired) electrons. The van der Waals surface area contributed by atoms with Crippen molar-refractivity contribution in [3.8, 4) is 0 Å². The van der Waals surface area contributed by atoms with Gasteiger partial charge in [-0.1, -0.05) is 6.07 Å². The Morgan fingerprint density at radius 3 is 2.95 bits per heavy atom. The average Bonchev–Trinajstić information content (AvgIpc) is 2.87. The van der Waals surface area contributed by atoms with E-state index in [0.717, 1.165) is 12.0 Å². The third-order valence-corrected chi connectivity index (χ3v) is 3.59. The van der Waals surface area contributed by atoms with Gasteiger partial charge in [-0.05, 0) is 38.8 Å². The first-order valence-electron chi connectivity index (χ1n) is 7.40. The normalized spacial score (nSPS) is 20.4. The summed E-state index contributed by atoms with van der Waals surface area (Å²) >= 11 is 0. The monoisotopic (exact) mass is 292 g/mol. The minimum absolute atomic E-state index is 0.0951. The van der Waals surface area contributed by atoms with E-state index in [1.807, 2.05) is 32.9 Å². The molecule has 21 heavy (non-hydrogen) atoms. The number of nitrogens with zero attached hydrogens (tertiary/aromatic N) is 2. The van der Waals surface area contributed by atoms with Crippen LogP contribution in [0.25, 0.3) is 0 Å². The lowest BCUT2D eigenvalue weighted by Crippen LogP contribution is -2.36. The molecule has 1 amide bonds. The number of pyridine rings is 1. The first-order valence-corrected chi connectivity index (χ1v) is 7.40. The standard InChI is InChI=1S/C16H24N2O3/c1-16(2,3)21-15(20)18-8-6-13(11-18)14(19)9-12-5-4-7-17-10-12/h4-5,7,10,13-14,19H,6,8-9,11H2,1-3H3. The summed E-state index contributed by atoms with van der Waals surface area (Å²) in [6, 6.07) is 3.82. The second-order valence-corrected chi connectivity index (χ2v) is 6.61. The van der Waals surface area contributed by atoms with Crippen LogP contribution in [0.3, 0.4) is 0 Å². The molecule has 0 bridgehead atoms. The summed E-state index contributed by atoms with van der Waals surface area (Å²) in [7, 11) is 0. The molecule has 5 heteroatoms. The zero-order valence-electron chi connectivity index (χ0n) is 13.0. The Morgan fingerprint density at radius 2 is 2.33 bits per heavy atom. The van der Waals surface area contributed by atoms with Gasteiger partial charge in [-0.15, -0.1) is 0 Å². The third-order valence-electron chi connectivity index (χ3n) is 3.59. The van der Waals surface area contributed by atoms with Gasteiger partial charge in [0.2, 0.25) is 0 Å². The summed E-state index contributed by atoms with van der Waals surface area (Å²) in [5, 5.41) is 10.3. The molecule has 116 valence electrons. The number of carbonyl (C=O) groups is 1. The maximum atomic E-state index is 12.0. The molecule has 5 nitrogen and oxygen atoms in total. The highest BCUT2D eigenvalue weighted by atomic mass is 16.6. The van der Waals surface area contributed by atoms with E-state index in [1.54, 1.807) is 17.3 Å². The number of hydrogen-bond donors (Lipinski definition) is 1. The Hall–Kier alpha value is -1.62. The molecule has 2 heterocycles. The molecule has 0 saturated carbocycles. The maximum Gasteiger partial charge on any atom is 0.410 e. The number of likely N-dealkylation sites (tertiary alicyclic amines) is 1. The van der Waals surface area contributed by atoms with Crippen molar-refractivity contribution in [1.82, 2.24) is 9.88 Å². The zero-order valence-corrected chi connectivity index (χ0v) is 13.0. The Balaban J connectivity index is 1.86. The fraction of sp³-hybridized carbons (Fsp3) is 0.625. The predicted molar refractivity (Wildman–Crippen MR) is 79.9 cm³/mol. The molecule has 1 fully saturated rings. The molecule has 1 N–H and O–H groups in total. The molecule has 0 aliphatic carbocycles. The molecule has 2 unspecified atom stereocenters. The van der Waals surface area contributed by atoms with Crippen molar-refractivity contribution in [3.63, 3.8) is 0 Å². The molecule has 1 aromatic heterocycles. The van der Waals surface area contributed by atoms with Crippen LogP contribution in [0.5, 0.6) is 0 Å². The Morgan fingerprint density at radius 1 is 1.57 bits per heavy atom. The van der Waals surface area contributed by atoms with E-state index in [1.165, 1.54) is 0 Å². The fourth-order valence-corrected chi connectivity index (χ4v) is 2.52. The van der Waals surface area contributed by atoms with E-state index in [9.17, 15) is 9.90 Å². The van der Waals surface area contributed by atoms with E-state index in [-0.39, 0.29) is 12.0 Å². The maximum absolute atomic E-state index is 12.0. The smallest absolute Gasteiger partial charge is 0.410 e. The molecule has 1 aliphatic rings. The molecule has 2 atom stereocenters. The Bertz CT molecular complexity index is 470. The molecule has 0 aromatic carbocycles. The van der Waals surface area contributed by atoms with Crippen LogP contribution < -0.4 is 0 Å². The van der Waals surface area contributed by atoms with Crippen molar-refractivity contribution >= 4 is 6.09 Å².